The Kier molecular flexibility index (Phi) is 6.87. The summed E-state index contributed by atoms with van der Waals surface area (Å²) >= 11 is 0. The average Bonchev–Trinajstić information content (AvgIpc) is 3.72. The zero-order valence-electron chi connectivity index (χ0n) is 20.4. The van der Waals surface area contributed by atoms with Gasteiger partial charge in [0.1, 0.15) is 5.54 Å². The second-order valence-electron chi connectivity index (χ2n) is 9.74. The highest BCUT2D eigenvalue weighted by molar-refractivity contribution is 6.03. The molecule has 0 spiro atoms. The lowest BCUT2D eigenvalue weighted by atomic mass is 9.99. The minimum absolute atomic E-state index is 0.0809. The quantitative estimate of drug-likeness (QED) is 0.281. The number of anilines is 1. The summed E-state index contributed by atoms with van der Waals surface area (Å²) in [7, 11) is 2.09. The molecule has 36 heavy (non-hydrogen) atoms. The SMILES string of the molecule is CN1CCN(C2(C(=O)Nc3cc(C(=O)Cc4ccc(-c5ccccc5)cc4)ccc3OO)CC2)CC1. The molecule has 2 fully saturated rings. The van der Waals surface area contributed by atoms with Crippen molar-refractivity contribution < 1.29 is 19.7 Å². The Balaban J connectivity index is 1.28. The number of likely N-dealkylation sites (N-methyl/N-ethyl adjacent to an activating group) is 1. The maximum absolute atomic E-state index is 13.3. The van der Waals surface area contributed by atoms with E-state index in [1.54, 1.807) is 12.1 Å². The molecular weight excluding hydrogens is 454 g/mol. The maximum atomic E-state index is 13.3. The normalized spacial score (nSPS) is 17.4. The Morgan fingerprint density at radius 3 is 2.22 bits per heavy atom. The van der Waals surface area contributed by atoms with Crippen LogP contribution in [0.3, 0.4) is 0 Å². The fraction of sp³-hybridized carbons (Fsp3) is 0.310. The number of benzene rings is 3. The van der Waals surface area contributed by atoms with Crippen molar-refractivity contribution in [2.24, 2.45) is 0 Å². The topological polar surface area (TPSA) is 82.1 Å². The van der Waals surface area contributed by atoms with E-state index >= 15 is 0 Å². The van der Waals surface area contributed by atoms with Crippen molar-refractivity contribution in [2.75, 3.05) is 38.5 Å². The lowest BCUT2D eigenvalue weighted by Crippen LogP contribution is -2.54. The van der Waals surface area contributed by atoms with Gasteiger partial charge in [0.25, 0.3) is 0 Å². The summed E-state index contributed by atoms with van der Waals surface area (Å²) in [4.78, 5) is 35.3. The molecule has 2 aliphatic rings. The second kappa shape index (κ2) is 10.2. The summed E-state index contributed by atoms with van der Waals surface area (Å²) in [6.45, 7) is 3.54. The number of carbonyl (C=O) groups excluding carboxylic acids is 2. The number of carbonyl (C=O) groups is 2. The zero-order chi connectivity index (χ0) is 25.1. The smallest absolute Gasteiger partial charge is 0.245 e. The zero-order valence-corrected chi connectivity index (χ0v) is 20.4. The van der Waals surface area contributed by atoms with Crippen molar-refractivity contribution in [3.05, 3.63) is 83.9 Å². The van der Waals surface area contributed by atoms with Gasteiger partial charge in [0.15, 0.2) is 11.5 Å². The summed E-state index contributed by atoms with van der Waals surface area (Å²) in [6, 6.07) is 22.7. The van der Waals surface area contributed by atoms with E-state index in [1.807, 2.05) is 42.5 Å². The Bertz CT molecular complexity index is 1230. The lowest BCUT2D eigenvalue weighted by Gasteiger charge is -2.37. The minimum atomic E-state index is -0.519. The van der Waals surface area contributed by atoms with E-state index in [2.05, 4.69) is 39.2 Å². The molecule has 0 bridgehead atoms. The van der Waals surface area contributed by atoms with Gasteiger partial charge in [-0.3, -0.25) is 14.5 Å². The van der Waals surface area contributed by atoms with Crippen LogP contribution in [-0.4, -0.2) is 65.5 Å². The number of Topliss-reactive ketones (excluding diaryl/α,β-unsaturated/α-hetero) is 1. The number of rotatable bonds is 8. The Hall–Kier alpha value is -3.52. The standard InChI is InChI=1S/C29H31N3O4/c1-31-15-17-32(18-16-31)29(13-14-29)28(34)30-25-20-24(11-12-27(25)36-35)26(33)19-21-7-9-23(10-8-21)22-5-3-2-4-6-22/h2-12,20,35H,13-19H2,1H3,(H,30,34). The first-order chi connectivity index (χ1) is 17.5. The van der Waals surface area contributed by atoms with Gasteiger partial charge in [-0.1, -0.05) is 54.6 Å². The molecule has 0 atom stereocenters. The van der Waals surface area contributed by atoms with Gasteiger partial charge in [-0.05, 0) is 54.8 Å². The molecule has 0 unspecified atom stereocenters. The summed E-state index contributed by atoms with van der Waals surface area (Å²) in [5.74, 6) is -0.0876. The molecule has 3 aromatic rings. The monoisotopic (exact) mass is 485 g/mol. The maximum Gasteiger partial charge on any atom is 0.245 e. The largest absolute Gasteiger partial charge is 0.338 e. The van der Waals surface area contributed by atoms with Crippen LogP contribution in [0.1, 0.15) is 28.8 Å². The molecule has 1 saturated heterocycles. The van der Waals surface area contributed by atoms with Crippen LogP contribution < -0.4 is 10.2 Å². The first kappa shape index (κ1) is 24.2. The highest BCUT2D eigenvalue weighted by Gasteiger charge is 2.54. The molecule has 1 amide bonds. The molecule has 2 N–H and O–H groups in total. The molecule has 1 aliphatic heterocycles. The molecule has 1 aliphatic carbocycles. The molecule has 1 saturated carbocycles. The molecule has 7 nitrogen and oxygen atoms in total. The molecule has 0 radical (unpaired) electrons. The molecule has 186 valence electrons. The van der Waals surface area contributed by atoms with Gasteiger partial charge in [0.05, 0.1) is 5.69 Å². The first-order valence-corrected chi connectivity index (χ1v) is 12.4. The van der Waals surface area contributed by atoms with Gasteiger partial charge < -0.3 is 15.1 Å². The number of nitrogens with zero attached hydrogens (tertiary/aromatic N) is 2. The van der Waals surface area contributed by atoms with Gasteiger partial charge in [-0.15, -0.1) is 0 Å². The van der Waals surface area contributed by atoms with E-state index in [-0.39, 0.29) is 23.9 Å². The van der Waals surface area contributed by atoms with Gasteiger partial charge in [-0.25, -0.2) is 5.26 Å². The highest BCUT2D eigenvalue weighted by Crippen LogP contribution is 2.43. The Morgan fingerprint density at radius 1 is 0.917 bits per heavy atom. The molecule has 0 aromatic heterocycles. The Morgan fingerprint density at radius 2 is 1.58 bits per heavy atom. The van der Waals surface area contributed by atoms with Crippen molar-refractivity contribution >= 4 is 17.4 Å². The fourth-order valence-corrected chi connectivity index (χ4v) is 4.89. The van der Waals surface area contributed by atoms with Crippen molar-refractivity contribution in [1.29, 1.82) is 0 Å². The van der Waals surface area contributed by atoms with E-state index in [4.69, 9.17) is 0 Å². The third-order valence-corrected chi connectivity index (χ3v) is 7.33. The number of piperazine rings is 1. The predicted octanol–water partition coefficient (Wildman–Crippen LogP) is 4.35. The van der Waals surface area contributed by atoms with Crippen LogP contribution >= 0.6 is 0 Å². The molecule has 5 rings (SSSR count). The van der Waals surface area contributed by atoms with Crippen LogP contribution in [0, 0.1) is 0 Å². The van der Waals surface area contributed by atoms with E-state index in [0.29, 0.717) is 11.3 Å². The lowest BCUT2D eigenvalue weighted by molar-refractivity contribution is -0.137. The van der Waals surface area contributed by atoms with E-state index < -0.39 is 5.54 Å². The van der Waals surface area contributed by atoms with E-state index in [9.17, 15) is 14.8 Å². The molecule has 3 aromatic carbocycles. The fourth-order valence-electron chi connectivity index (χ4n) is 4.89. The summed E-state index contributed by atoms with van der Waals surface area (Å²) in [5.41, 5.74) is 3.35. The van der Waals surface area contributed by atoms with Crippen molar-refractivity contribution in [3.8, 4) is 16.9 Å². The summed E-state index contributed by atoms with van der Waals surface area (Å²) in [5, 5.41) is 12.3. The van der Waals surface area contributed by atoms with Crippen LogP contribution in [0.15, 0.2) is 72.8 Å². The average molecular weight is 486 g/mol. The van der Waals surface area contributed by atoms with E-state index in [0.717, 1.165) is 55.7 Å². The van der Waals surface area contributed by atoms with Gasteiger partial charge in [-0.2, -0.15) is 0 Å². The van der Waals surface area contributed by atoms with Crippen molar-refractivity contribution in [3.63, 3.8) is 0 Å². The second-order valence-corrected chi connectivity index (χ2v) is 9.74. The van der Waals surface area contributed by atoms with Crippen molar-refractivity contribution in [1.82, 2.24) is 9.80 Å². The van der Waals surface area contributed by atoms with Gasteiger partial charge in [0, 0.05) is 38.2 Å². The third-order valence-electron chi connectivity index (χ3n) is 7.33. The summed E-state index contributed by atoms with van der Waals surface area (Å²) < 4.78 is 0. The molecule has 1 heterocycles. The predicted molar refractivity (Wildman–Crippen MR) is 139 cm³/mol. The minimum Gasteiger partial charge on any atom is -0.338 e. The van der Waals surface area contributed by atoms with Crippen LogP contribution in [0.5, 0.6) is 5.75 Å². The van der Waals surface area contributed by atoms with Gasteiger partial charge in [0.2, 0.25) is 5.91 Å². The van der Waals surface area contributed by atoms with Crippen LogP contribution in [0.25, 0.3) is 11.1 Å². The first-order valence-electron chi connectivity index (χ1n) is 12.4. The van der Waals surface area contributed by atoms with Crippen molar-refractivity contribution in [2.45, 2.75) is 24.8 Å². The van der Waals surface area contributed by atoms with Crippen LogP contribution in [0.2, 0.25) is 0 Å². The number of amides is 1. The number of hydrogen-bond acceptors (Lipinski definition) is 6. The van der Waals surface area contributed by atoms with Gasteiger partial charge >= 0.3 is 0 Å². The third kappa shape index (κ3) is 5.04. The highest BCUT2D eigenvalue weighted by atomic mass is 17.1. The summed E-state index contributed by atoms with van der Waals surface area (Å²) in [6.07, 6.45) is 1.83. The van der Waals surface area contributed by atoms with Crippen LogP contribution in [0.4, 0.5) is 5.69 Å². The van der Waals surface area contributed by atoms with Crippen LogP contribution in [-0.2, 0) is 11.2 Å². The number of hydrogen-bond donors (Lipinski definition) is 2. The Labute approximate surface area is 211 Å². The molecule has 7 heteroatoms. The number of nitrogens with one attached hydrogen (secondary N) is 1. The van der Waals surface area contributed by atoms with E-state index in [1.165, 1.54) is 6.07 Å². The number of ketones is 1. The molecular formula is C29H31N3O4.